The molecule has 0 heterocycles. The van der Waals surface area contributed by atoms with E-state index in [9.17, 15) is 8.42 Å². The summed E-state index contributed by atoms with van der Waals surface area (Å²) >= 11 is 1.87. The van der Waals surface area contributed by atoms with E-state index in [4.69, 9.17) is 16.4 Å². The first-order valence-electron chi connectivity index (χ1n) is 2.91. The number of hydrogen-bond donors (Lipinski definition) is 1. The van der Waals surface area contributed by atoms with Gasteiger partial charge < -0.3 is 5.73 Å². The molecule has 0 aromatic heterocycles. The lowest BCUT2D eigenvalue weighted by Crippen LogP contribution is -2.00. The van der Waals surface area contributed by atoms with E-state index in [-0.39, 0.29) is 10.6 Å². The van der Waals surface area contributed by atoms with Crippen LogP contribution in [0, 0.1) is 3.57 Å². The Labute approximate surface area is 88.5 Å². The molecule has 1 rings (SSSR count). The summed E-state index contributed by atoms with van der Waals surface area (Å²) in [6.45, 7) is 0. The molecular formula is C6H5ClINO2S. The lowest BCUT2D eigenvalue weighted by atomic mass is 10.3. The fourth-order valence-corrected chi connectivity index (χ4v) is 3.73. The molecule has 0 unspecified atom stereocenters. The highest BCUT2D eigenvalue weighted by atomic mass is 127. The van der Waals surface area contributed by atoms with E-state index in [1.165, 1.54) is 6.07 Å². The lowest BCUT2D eigenvalue weighted by molar-refractivity contribution is 0.609. The fourth-order valence-electron chi connectivity index (χ4n) is 0.783. The van der Waals surface area contributed by atoms with Crippen molar-refractivity contribution in [3.63, 3.8) is 0 Å². The standard InChI is InChI=1S/C6H5ClINO2S/c7-12(10,11)6-4(8)2-1-3-5(6)9/h1-3H,9H2. The molecule has 12 heavy (non-hydrogen) atoms. The van der Waals surface area contributed by atoms with Crippen molar-refractivity contribution < 1.29 is 8.42 Å². The van der Waals surface area contributed by atoms with Crippen molar-refractivity contribution in [3.8, 4) is 0 Å². The molecule has 0 atom stereocenters. The summed E-state index contributed by atoms with van der Waals surface area (Å²) in [6, 6.07) is 4.80. The van der Waals surface area contributed by atoms with Crippen LogP contribution in [-0.4, -0.2) is 8.42 Å². The molecule has 66 valence electrons. The van der Waals surface area contributed by atoms with Gasteiger partial charge in [-0.25, -0.2) is 8.42 Å². The molecule has 0 aliphatic rings. The van der Waals surface area contributed by atoms with Gasteiger partial charge in [0.25, 0.3) is 9.05 Å². The van der Waals surface area contributed by atoms with Crippen LogP contribution in [0.4, 0.5) is 5.69 Å². The minimum absolute atomic E-state index is 0.00716. The molecule has 1 aromatic rings. The number of rotatable bonds is 1. The predicted molar refractivity (Wildman–Crippen MR) is 56.6 cm³/mol. The van der Waals surface area contributed by atoms with Crippen LogP contribution < -0.4 is 5.73 Å². The van der Waals surface area contributed by atoms with E-state index in [1.807, 2.05) is 22.6 Å². The maximum atomic E-state index is 11.0. The van der Waals surface area contributed by atoms with Gasteiger partial charge in [-0.1, -0.05) is 6.07 Å². The second kappa shape index (κ2) is 3.39. The van der Waals surface area contributed by atoms with Crippen LogP contribution in [0.1, 0.15) is 0 Å². The molecule has 0 aliphatic heterocycles. The maximum absolute atomic E-state index is 11.0. The Balaban J connectivity index is 3.53. The summed E-state index contributed by atoms with van der Waals surface area (Å²) in [7, 11) is 1.43. The Bertz CT molecular complexity index is 384. The average Bonchev–Trinajstić information content (AvgIpc) is 1.82. The Morgan fingerprint density at radius 1 is 1.42 bits per heavy atom. The summed E-state index contributed by atoms with van der Waals surface area (Å²) in [4.78, 5) is -0.00716. The third-order valence-electron chi connectivity index (χ3n) is 1.24. The zero-order chi connectivity index (χ0) is 9.35. The highest BCUT2D eigenvalue weighted by Crippen LogP contribution is 2.27. The molecule has 0 amide bonds. The van der Waals surface area contributed by atoms with Gasteiger partial charge in [0, 0.05) is 14.3 Å². The number of benzene rings is 1. The first-order valence-corrected chi connectivity index (χ1v) is 6.30. The number of hydrogen-bond acceptors (Lipinski definition) is 3. The summed E-state index contributed by atoms with van der Waals surface area (Å²) in [6.07, 6.45) is 0. The minimum atomic E-state index is -3.72. The SMILES string of the molecule is Nc1cccc(I)c1S(=O)(=O)Cl. The van der Waals surface area contributed by atoms with Gasteiger partial charge >= 0.3 is 0 Å². The number of nitrogen functional groups attached to an aromatic ring is 1. The van der Waals surface area contributed by atoms with Gasteiger partial charge in [-0.05, 0) is 34.7 Å². The van der Waals surface area contributed by atoms with Crippen molar-refractivity contribution in [2.75, 3.05) is 5.73 Å². The largest absolute Gasteiger partial charge is 0.398 e. The molecule has 1 aromatic carbocycles. The molecule has 0 saturated carbocycles. The second-order valence-electron chi connectivity index (χ2n) is 2.10. The summed E-state index contributed by atoms with van der Waals surface area (Å²) in [5.74, 6) is 0. The molecule has 2 N–H and O–H groups in total. The van der Waals surface area contributed by atoms with E-state index in [2.05, 4.69) is 0 Å². The van der Waals surface area contributed by atoms with E-state index in [0.29, 0.717) is 3.57 Å². The summed E-state index contributed by atoms with van der Waals surface area (Å²) < 4.78 is 22.4. The third-order valence-corrected chi connectivity index (χ3v) is 3.91. The highest BCUT2D eigenvalue weighted by molar-refractivity contribution is 14.1. The Kier molecular flexibility index (Phi) is 2.84. The zero-order valence-electron chi connectivity index (χ0n) is 5.79. The first kappa shape index (κ1) is 10.1. The molecule has 0 saturated heterocycles. The van der Waals surface area contributed by atoms with Crippen molar-refractivity contribution in [2.24, 2.45) is 0 Å². The monoisotopic (exact) mass is 317 g/mol. The van der Waals surface area contributed by atoms with Gasteiger partial charge in [-0.2, -0.15) is 0 Å². The van der Waals surface area contributed by atoms with Crippen molar-refractivity contribution in [1.82, 2.24) is 0 Å². The lowest BCUT2D eigenvalue weighted by Gasteiger charge is -2.02. The second-order valence-corrected chi connectivity index (χ2v) is 5.76. The fraction of sp³-hybridized carbons (Fsp3) is 0. The molecule has 0 spiro atoms. The van der Waals surface area contributed by atoms with E-state index in [0.717, 1.165) is 0 Å². The molecule has 3 nitrogen and oxygen atoms in total. The van der Waals surface area contributed by atoms with Crippen LogP contribution in [0.5, 0.6) is 0 Å². The topological polar surface area (TPSA) is 60.2 Å². The van der Waals surface area contributed by atoms with E-state index >= 15 is 0 Å². The normalized spacial score (nSPS) is 11.5. The number of nitrogens with two attached hydrogens (primary N) is 1. The quantitative estimate of drug-likeness (QED) is 0.488. The number of anilines is 1. The predicted octanol–water partition coefficient (Wildman–Crippen LogP) is 1.80. The van der Waals surface area contributed by atoms with Crippen molar-refractivity contribution in [2.45, 2.75) is 4.90 Å². The van der Waals surface area contributed by atoms with Gasteiger partial charge in [0.2, 0.25) is 0 Å². The maximum Gasteiger partial charge on any atom is 0.264 e. The third kappa shape index (κ3) is 2.02. The zero-order valence-corrected chi connectivity index (χ0v) is 9.52. The van der Waals surface area contributed by atoms with Gasteiger partial charge in [0.05, 0.1) is 5.69 Å². The Hall–Kier alpha value is -0.0100. The van der Waals surface area contributed by atoms with Crippen LogP contribution in [0.25, 0.3) is 0 Å². The molecular weight excluding hydrogens is 312 g/mol. The van der Waals surface area contributed by atoms with Gasteiger partial charge in [0.15, 0.2) is 0 Å². The molecule has 6 heteroatoms. The number of halogens is 2. The van der Waals surface area contributed by atoms with E-state index < -0.39 is 9.05 Å². The van der Waals surface area contributed by atoms with Crippen LogP contribution in [0.15, 0.2) is 23.1 Å². The van der Waals surface area contributed by atoms with Crippen molar-refractivity contribution in [3.05, 3.63) is 21.8 Å². The van der Waals surface area contributed by atoms with Gasteiger partial charge in [0.1, 0.15) is 4.90 Å². The minimum Gasteiger partial charge on any atom is -0.398 e. The molecule has 0 bridgehead atoms. The van der Waals surface area contributed by atoms with Crippen LogP contribution in [0.2, 0.25) is 0 Å². The first-order chi connectivity index (χ1) is 5.43. The van der Waals surface area contributed by atoms with Crippen molar-refractivity contribution >= 4 is 48.0 Å². The molecule has 0 fully saturated rings. The summed E-state index contributed by atoms with van der Waals surface area (Å²) in [5, 5.41) is 0. The smallest absolute Gasteiger partial charge is 0.264 e. The Morgan fingerprint density at radius 2 is 2.00 bits per heavy atom. The van der Waals surface area contributed by atoms with Crippen LogP contribution >= 0.6 is 33.3 Å². The van der Waals surface area contributed by atoms with Crippen LogP contribution in [0.3, 0.4) is 0 Å². The molecule has 0 aliphatic carbocycles. The van der Waals surface area contributed by atoms with Crippen molar-refractivity contribution in [1.29, 1.82) is 0 Å². The molecule has 0 radical (unpaired) electrons. The average molecular weight is 318 g/mol. The summed E-state index contributed by atoms with van der Waals surface area (Å²) in [5.41, 5.74) is 5.62. The Morgan fingerprint density at radius 3 is 2.33 bits per heavy atom. The van der Waals surface area contributed by atoms with Gasteiger partial charge in [-0.15, -0.1) is 0 Å². The highest BCUT2D eigenvalue weighted by Gasteiger charge is 2.17. The van der Waals surface area contributed by atoms with Crippen LogP contribution in [-0.2, 0) is 9.05 Å². The van der Waals surface area contributed by atoms with Gasteiger partial charge in [-0.3, -0.25) is 0 Å². The van der Waals surface area contributed by atoms with E-state index in [1.54, 1.807) is 12.1 Å².